The van der Waals surface area contributed by atoms with E-state index in [2.05, 4.69) is 5.32 Å². The number of hydrogen-bond donors (Lipinski definition) is 1. The van der Waals surface area contributed by atoms with E-state index < -0.39 is 16.1 Å². The van der Waals surface area contributed by atoms with Gasteiger partial charge in [-0.05, 0) is 49.4 Å². The van der Waals surface area contributed by atoms with Gasteiger partial charge in [-0.2, -0.15) is 0 Å². The number of carbonyl (C=O) groups is 2. The van der Waals surface area contributed by atoms with Crippen molar-refractivity contribution in [3.63, 3.8) is 0 Å². The Kier molecular flexibility index (Phi) is 10.1. The quantitative estimate of drug-likeness (QED) is 0.494. The molecular weight excluding hydrogens is 450 g/mol. The Morgan fingerprint density at radius 1 is 0.971 bits per heavy atom. The first-order valence-corrected chi connectivity index (χ1v) is 13.5. The molecule has 2 aromatic rings. The van der Waals surface area contributed by atoms with Crippen molar-refractivity contribution in [2.45, 2.75) is 53.1 Å². The molecule has 0 aromatic heterocycles. The van der Waals surface area contributed by atoms with Crippen LogP contribution in [0.1, 0.15) is 44.7 Å². The van der Waals surface area contributed by atoms with Gasteiger partial charge in [-0.3, -0.25) is 13.9 Å². The highest BCUT2D eigenvalue weighted by molar-refractivity contribution is 7.92. The largest absolute Gasteiger partial charge is 0.354 e. The first kappa shape index (κ1) is 27.4. The van der Waals surface area contributed by atoms with Gasteiger partial charge >= 0.3 is 0 Å². The number of nitrogens with zero attached hydrogens (tertiary/aromatic N) is 2. The van der Waals surface area contributed by atoms with E-state index >= 15 is 0 Å². The molecule has 0 spiro atoms. The number of anilines is 1. The molecule has 0 saturated carbocycles. The van der Waals surface area contributed by atoms with Crippen molar-refractivity contribution < 1.29 is 18.0 Å². The third-order valence-electron chi connectivity index (χ3n) is 5.65. The normalized spacial score (nSPS) is 12.3. The van der Waals surface area contributed by atoms with E-state index in [1.807, 2.05) is 51.1 Å². The zero-order valence-corrected chi connectivity index (χ0v) is 21.6. The lowest BCUT2D eigenvalue weighted by molar-refractivity contribution is -0.140. The molecule has 34 heavy (non-hydrogen) atoms. The SMILES string of the molecule is Cc1ccccc1CN(C(=O)CCCN(c1ccccc1)S(C)(=O)=O)C(C)C(=O)NCC(C)C. The van der Waals surface area contributed by atoms with Crippen molar-refractivity contribution in [3.05, 3.63) is 65.7 Å². The maximum atomic E-state index is 13.3. The Morgan fingerprint density at radius 2 is 1.59 bits per heavy atom. The van der Waals surface area contributed by atoms with Crippen molar-refractivity contribution in [3.8, 4) is 0 Å². The van der Waals surface area contributed by atoms with Crippen molar-refractivity contribution in [2.75, 3.05) is 23.7 Å². The Bertz CT molecular complexity index is 1050. The molecule has 0 fully saturated rings. The lowest BCUT2D eigenvalue weighted by atomic mass is 10.1. The molecule has 8 heteroatoms. The van der Waals surface area contributed by atoms with E-state index in [9.17, 15) is 18.0 Å². The summed E-state index contributed by atoms with van der Waals surface area (Å²) in [5.74, 6) is -0.0775. The molecule has 1 N–H and O–H groups in total. The summed E-state index contributed by atoms with van der Waals surface area (Å²) in [4.78, 5) is 27.7. The molecule has 7 nitrogen and oxygen atoms in total. The van der Waals surface area contributed by atoms with Crippen LogP contribution in [-0.2, 0) is 26.2 Å². The summed E-state index contributed by atoms with van der Waals surface area (Å²) in [6.07, 6.45) is 1.63. The van der Waals surface area contributed by atoms with Crippen molar-refractivity contribution >= 4 is 27.5 Å². The second-order valence-electron chi connectivity index (χ2n) is 9.04. The van der Waals surface area contributed by atoms with Crippen LogP contribution in [0.5, 0.6) is 0 Å². The van der Waals surface area contributed by atoms with Crippen molar-refractivity contribution in [1.82, 2.24) is 10.2 Å². The van der Waals surface area contributed by atoms with Gasteiger partial charge in [0.2, 0.25) is 21.8 Å². The predicted molar refractivity (Wildman–Crippen MR) is 137 cm³/mol. The second kappa shape index (κ2) is 12.6. The van der Waals surface area contributed by atoms with Gasteiger partial charge in [0.15, 0.2) is 0 Å². The van der Waals surface area contributed by atoms with Gasteiger partial charge in [-0.25, -0.2) is 8.42 Å². The molecule has 0 aliphatic heterocycles. The molecule has 0 radical (unpaired) electrons. The Morgan fingerprint density at radius 3 is 2.18 bits per heavy atom. The second-order valence-corrected chi connectivity index (χ2v) is 10.9. The molecule has 0 saturated heterocycles. The summed E-state index contributed by atoms with van der Waals surface area (Å²) in [6.45, 7) is 8.78. The molecule has 2 aromatic carbocycles. The minimum Gasteiger partial charge on any atom is -0.354 e. The minimum atomic E-state index is -3.49. The van der Waals surface area contributed by atoms with Gasteiger partial charge in [-0.1, -0.05) is 56.3 Å². The topological polar surface area (TPSA) is 86.8 Å². The van der Waals surface area contributed by atoms with Gasteiger partial charge < -0.3 is 10.2 Å². The van der Waals surface area contributed by atoms with E-state index in [0.717, 1.165) is 17.4 Å². The zero-order chi connectivity index (χ0) is 25.3. The van der Waals surface area contributed by atoms with Crippen LogP contribution in [0, 0.1) is 12.8 Å². The van der Waals surface area contributed by atoms with E-state index in [-0.39, 0.29) is 24.8 Å². The summed E-state index contributed by atoms with van der Waals surface area (Å²) in [7, 11) is -3.49. The van der Waals surface area contributed by atoms with Crippen LogP contribution in [0.25, 0.3) is 0 Å². The Hall–Kier alpha value is -2.87. The molecule has 186 valence electrons. The average molecular weight is 488 g/mol. The number of nitrogens with one attached hydrogen (secondary N) is 1. The number of carbonyl (C=O) groups excluding carboxylic acids is 2. The lowest BCUT2D eigenvalue weighted by Crippen LogP contribution is -2.48. The smallest absolute Gasteiger partial charge is 0.242 e. The fourth-order valence-electron chi connectivity index (χ4n) is 3.60. The first-order chi connectivity index (χ1) is 16.0. The molecule has 2 amide bonds. The molecule has 0 bridgehead atoms. The molecule has 2 rings (SSSR count). The van der Waals surface area contributed by atoms with E-state index in [1.54, 1.807) is 36.1 Å². The number of amides is 2. The Labute approximate surface area is 204 Å². The lowest BCUT2D eigenvalue weighted by Gasteiger charge is -2.30. The number of sulfonamides is 1. The van der Waals surface area contributed by atoms with Crippen LogP contribution >= 0.6 is 0 Å². The number of para-hydroxylation sites is 1. The highest BCUT2D eigenvalue weighted by atomic mass is 32.2. The van der Waals surface area contributed by atoms with Crippen LogP contribution in [-0.4, -0.2) is 50.5 Å². The minimum absolute atomic E-state index is 0.131. The van der Waals surface area contributed by atoms with Crippen LogP contribution in [0.4, 0.5) is 5.69 Å². The zero-order valence-electron chi connectivity index (χ0n) is 20.8. The van der Waals surface area contributed by atoms with Crippen LogP contribution in [0.2, 0.25) is 0 Å². The number of rotatable bonds is 12. The maximum Gasteiger partial charge on any atom is 0.242 e. The molecule has 0 aliphatic carbocycles. The molecule has 1 atom stereocenters. The highest BCUT2D eigenvalue weighted by Gasteiger charge is 2.27. The van der Waals surface area contributed by atoms with Crippen LogP contribution in [0.15, 0.2) is 54.6 Å². The number of benzene rings is 2. The van der Waals surface area contributed by atoms with Gasteiger partial charge in [0.1, 0.15) is 6.04 Å². The molecule has 1 unspecified atom stereocenters. The fraction of sp³-hybridized carbons (Fsp3) is 0.462. The van der Waals surface area contributed by atoms with Gasteiger partial charge in [0, 0.05) is 26.1 Å². The molecule has 0 aliphatic rings. The van der Waals surface area contributed by atoms with E-state index in [0.29, 0.717) is 31.1 Å². The van der Waals surface area contributed by atoms with Crippen LogP contribution < -0.4 is 9.62 Å². The summed E-state index contributed by atoms with van der Waals surface area (Å²) in [5.41, 5.74) is 2.58. The summed E-state index contributed by atoms with van der Waals surface area (Å²) < 4.78 is 26.0. The molecule has 0 heterocycles. The Balaban J connectivity index is 2.15. The van der Waals surface area contributed by atoms with Gasteiger partial charge in [-0.15, -0.1) is 0 Å². The van der Waals surface area contributed by atoms with Crippen molar-refractivity contribution in [1.29, 1.82) is 0 Å². The van der Waals surface area contributed by atoms with Gasteiger partial charge in [0.05, 0.1) is 11.9 Å². The number of aryl methyl sites for hydroxylation is 1. The fourth-order valence-corrected chi connectivity index (χ4v) is 4.57. The standard InChI is InChI=1S/C26H37N3O4S/c1-20(2)18-27-26(31)22(4)28(19-23-13-10-9-12-21(23)3)25(30)16-11-17-29(34(5,32)33)24-14-7-6-8-15-24/h6-10,12-15,20,22H,11,16-19H2,1-5H3,(H,27,31). The predicted octanol–water partition coefficient (Wildman–Crippen LogP) is 3.73. The van der Waals surface area contributed by atoms with Crippen LogP contribution in [0.3, 0.4) is 0 Å². The third-order valence-corrected chi connectivity index (χ3v) is 6.84. The number of hydrogen-bond acceptors (Lipinski definition) is 4. The van der Waals surface area contributed by atoms with Gasteiger partial charge in [0.25, 0.3) is 0 Å². The highest BCUT2D eigenvalue weighted by Crippen LogP contribution is 2.19. The average Bonchev–Trinajstić information content (AvgIpc) is 2.78. The van der Waals surface area contributed by atoms with E-state index in [4.69, 9.17) is 0 Å². The van der Waals surface area contributed by atoms with E-state index in [1.165, 1.54) is 4.31 Å². The first-order valence-electron chi connectivity index (χ1n) is 11.6. The molecular formula is C26H37N3O4S. The monoisotopic (exact) mass is 487 g/mol. The maximum absolute atomic E-state index is 13.3. The third kappa shape index (κ3) is 8.17. The van der Waals surface area contributed by atoms with Crippen molar-refractivity contribution in [2.24, 2.45) is 5.92 Å². The summed E-state index contributed by atoms with van der Waals surface area (Å²) in [5, 5.41) is 2.91. The summed E-state index contributed by atoms with van der Waals surface area (Å²) in [6, 6.07) is 16.0. The summed E-state index contributed by atoms with van der Waals surface area (Å²) >= 11 is 0.